The van der Waals surface area contributed by atoms with E-state index in [1.807, 2.05) is 36.5 Å². The molecular weight excluding hydrogens is 372 g/mol. The maximum Gasteiger partial charge on any atom is 0.223 e. The molecule has 0 saturated heterocycles. The van der Waals surface area contributed by atoms with Crippen LogP contribution >= 0.6 is 0 Å². The Kier molecular flexibility index (Phi) is 7.24. The van der Waals surface area contributed by atoms with Crippen molar-refractivity contribution in [3.63, 3.8) is 0 Å². The number of ether oxygens (including phenoxy) is 1. The summed E-state index contributed by atoms with van der Waals surface area (Å²) in [6, 6.07) is 8.94. The van der Waals surface area contributed by atoms with Gasteiger partial charge in [-0.2, -0.15) is 5.10 Å². The van der Waals surface area contributed by atoms with Gasteiger partial charge in [0, 0.05) is 37.8 Å². The molecule has 0 radical (unpaired) electrons. The lowest BCUT2D eigenvalue weighted by molar-refractivity contribution is -0.125. The molecular formula is C21H28N4O4. The molecule has 3 N–H and O–H groups in total. The molecule has 1 aliphatic rings. The third-order valence-corrected chi connectivity index (χ3v) is 5.22. The van der Waals surface area contributed by atoms with Crippen LogP contribution in [0.4, 0.5) is 0 Å². The summed E-state index contributed by atoms with van der Waals surface area (Å²) in [6.07, 6.45) is 4.68. The van der Waals surface area contributed by atoms with Gasteiger partial charge in [-0.05, 0) is 43.0 Å². The van der Waals surface area contributed by atoms with E-state index in [9.17, 15) is 14.7 Å². The molecule has 2 amide bonds. The van der Waals surface area contributed by atoms with Crippen LogP contribution in [0.2, 0.25) is 0 Å². The number of hydrogen-bond acceptors (Lipinski definition) is 5. The molecule has 0 spiro atoms. The molecule has 1 fully saturated rings. The molecule has 0 bridgehead atoms. The van der Waals surface area contributed by atoms with Gasteiger partial charge in [0.25, 0.3) is 0 Å². The van der Waals surface area contributed by atoms with Crippen molar-refractivity contribution in [2.75, 3.05) is 7.11 Å². The van der Waals surface area contributed by atoms with Crippen LogP contribution in [0.15, 0.2) is 42.7 Å². The van der Waals surface area contributed by atoms with E-state index in [2.05, 4.69) is 15.7 Å². The summed E-state index contributed by atoms with van der Waals surface area (Å²) in [4.78, 5) is 24.6. The molecule has 1 heterocycles. The van der Waals surface area contributed by atoms with E-state index in [0.29, 0.717) is 38.8 Å². The molecule has 1 aromatic carbocycles. The van der Waals surface area contributed by atoms with Crippen molar-refractivity contribution in [2.45, 2.75) is 50.9 Å². The van der Waals surface area contributed by atoms with Crippen molar-refractivity contribution < 1.29 is 19.4 Å². The number of aliphatic hydroxyl groups is 1. The van der Waals surface area contributed by atoms with Crippen molar-refractivity contribution in [3.8, 4) is 5.75 Å². The van der Waals surface area contributed by atoms with Crippen LogP contribution in [0.25, 0.3) is 0 Å². The number of methoxy groups -OCH3 is 1. The minimum atomic E-state index is -0.707. The molecule has 1 saturated carbocycles. The van der Waals surface area contributed by atoms with Gasteiger partial charge in [-0.25, -0.2) is 0 Å². The summed E-state index contributed by atoms with van der Waals surface area (Å²) in [6.45, 7) is 1.09. The number of aryl methyl sites for hydroxylation is 1. The van der Waals surface area contributed by atoms with E-state index in [0.717, 1.165) is 11.3 Å². The Bertz CT molecular complexity index is 792. The first-order valence-electron chi connectivity index (χ1n) is 9.90. The number of nitrogens with one attached hydrogen (secondary N) is 2. The Morgan fingerprint density at radius 2 is 2.07 bits per heavy atom. The molecule has 2 aromatic rings. The van der Waals surface area contributed by atoms with Crippen molar-refractivity contribution in [3.05, 3.63) is 48.3 Å². The molecule has 1 aliphatic carbocycles. The first-order valence-corrected chi connectivity index (χ1v) is 9.90. The van der Waals surface area contributed by atoms with Crippen LogP contribution in [0.5, 0.6) is 5.75 Å². The van der Waals surface area contributed by atoms with Crippen LogP contribution in [0.1, 0.15) is 31.2 Å². The summed E-state index contributed by atoms with van der Waals surface area (Å²) in [5, 5.41) is 20.1. The fourth-order valence-electron chi connectivity index (χ4n) is 3.57. The van der Waals surface area contributed by atoms with Crippen molar-refractivity contribution in [1.29, 1.82) is 0 Å². The Morgan fingerprint density at radius 1 is 1.28 bits per heavy atom. The fraction of sp³-hybridized carbons (Fsp3) is 0.476. The summed E-state index contributed by atoms with van der Waals surface area (Å²) in [5.41, 5.74) is 0.972. The van der Waals surface area contributed by atoms with E-state index in [-0.39, 0.29) is 23.8 Å². The maximum absolute atomic E-state index is 12.5. The summed E-state index contributed by atoms with van der Waals surface area (Å²) in [7, 11) is 1.61. The second kappa shape index (κ2) is 10.1. The second-order valence-corrected chi connectivity index (χ2v) is 7.35. The smallest absolute Gasteiger partial charge is 0.223 e. The maximum atomic E-state index is 12.5. The topological polar surface area (TPSA) is 105 Å². The number of aliphatic hydroxyl groups excluding tert-OH is 1. The Balaban J connectivity index is 1.39. The summed E-state index contributed by atoms with van der Waals surface area (Å²) >= 11 is 0. The highest BCUT2D eigenvalue weighted by atomic mass is 16.5. The zero-order valence-corrected chi connectivity index (χ0v) is 16.6. The minimum absolute atomic E-state index is 0.102. The minimum Gasteiger partial charge on any atom is -0.497 e. The highest BCUT2D eigenvalue weighted by Gasteiger charge is 2.37. The first-order chi connectivity index (χ1) is 14.0. The molecule has 8 heteroatoms. The number of aromatic nitrogens is 2. The molecule has 0 unspecified atom stereocenters. The quantitative estimate of drug-likeness (QED) is 0.587. The largest absolute Gasteiger partial charge is 0.497 e. The Hall–Kier alpha value is -2.87. The van der Waals surface area contributed by atoms with Crippen LogP contribution in [0.3, 0.4) is 0 Å². The molecule has 156 valence electrons. The molecule has 0 aliphatic heterocycles. The SMILES string of the molecule is COc1ccc(CNC(=O)[C@H]2C[C@H](NC(=O)CCCn3cccn3)[C@@H](O)C2)cc1. The summed E-state index contributed by atoms with van der Waals surface area (Å²) in [5.74, 6) is 0.246. The van der Waals surface area contributed by atoms with E-state index in [1.165, 1.54) is 0 Å². The van der Waals surface area contributed by atoms with Crippen LogP contribution in [-0.2, 0) is 22.7 Å². The van der Waals surface area contributed by atoms with Gasteiger partial charge >= 0.3 is 0 Å². The molecule has 8 nitrogen and oxygen atoms in total. The predicted octanol–water partition coefficient (Wildman–Crippen LogP) is 1.24. The number of amides is 2. The van der Waals surface area contributed by atoms with Crippen LogP contribution < -0.4 is 15.4 Å². The molecule has 3 atom stereocenters. The number of benzene rings is 1. The number of rotatable bonds is 9. The van der Waals surface area contributed by atoms with Gasteiger partial charge in [-0.15, -0.1) is 0 Å². The molecule has 1 aromatic heterocycles. The lowest BCUT2D eigenvalue weighted by Gasteiger charge is -2.16. The number of carbonyl (C=O) groups excluding carboxylic acids is 2. The monoisotopic (exact) mass is 400 g/mol. The van der Waals surface area contributed by atoms with Gasteiger partial charge in [-0.3, -0.25) is 14.3 Å². The highest BCUT2D eigenvalue weighted by Crippen LogP contribution is 2.26. The standard InChI is InChI=1S/C21H28N4O4/c1-29-17-7-5-15(6-8-17)14-22-21(28)16-12-18(19(26)13-16)24-20(27)4-2-10-25-11-3-9-23-25/h3,5-9,11,16,18-19,26H,2,4,10,12-14H2,1H3,(H,22,28)(H,24,27)/t16-,18-,19-/m0/s1. The van der Waals surface area contributed by atoms with Gasteiger partial charge in [0.05, 0.1) is 19.3 Å². The van der Waals surface area contributed by atoms with Crippen molar-refractivity contribution in [2.24, 2.45) is 5.92 Å². The normalized spacial score (nSPS) is 21.0. The third kappa shape index (κ3) is 6.05. The average molecular weight is 400 g/mol. The van der Waals surface area contributed by atoms with E-state index in [1.54, 1.807) is 18.0 Å². The molecule has 3 rings (SSSR count). The Labute approximate surface area is 170 Å². The van der Waals surface area contributed by atoms with Crippen LogP contribution in [0, 0.1) is 5.92 Å². The van der Waals surface area contributed by atoms with Gasteiger partial charge in [0.1, 0.15) is 5.75 Å². The zero-order chi connectivity index (χ0) is 20.6. The number of carbonyl (C=O) groups is 2. The van der Waals surface area contributed by atoms with E-state index in [4.69, 9.17) is 4.74 Å². The number of nitrogens with zero attached hydrogens (tertiary/aromatic N) is 2. The Morgan fingerprint density at radius 3 is 2.76 bits per heavy atom. The van der Waals surface area contributed by atoms with Gasteiger partial charge in [-0.1, -0.05) is 12.1 Å². The van der Waals surface area contributed by atoms with E-state index < -0.39 is 6.10 Å². The predicted molar refractivity (Wildman–Crippen MR) is 107 cm³/mol. The van der Waals surface area contributed by atoms with Crippen LogP contribution in [-0.4, -0.2) is 46.0 Å². The van der Waals surface area contributed by atoms with Gasteiger partial charge < -0.3 is 20.5 Å². The van der Waals surface area contributed by atoms with Crippen molar-refractivity contribution >= 4 is 11.8 Å². The number of hydrogen-bond donors (Lipinski definition) is 3. The zero-order valence-electron chi connectivity index (χ0n) is 16.6. The van der Waals surface area contributed by atoms with Gasteiger partial charge in [0.2, 0.25) is 11.8 Å². The second-order valence-electron chi connectivity index (χ2n) is 7.35. The third-order valence-electron chi connectivity index (χ3n) is 5.22. The van der Waals surface area contributed by atoms with Gasteiger partial charge in [0.15, 0.2) is 0 Å². The van der Waals surface area contributed by atoms with Crippen molar-refractivity contribution in [1.82, 2.24) is 20.4 Å². The molecule has 29 heavy (non-hydrogen) atoms. The fourth-order valence-corrected chi connectivity index (χ4v) is 3.57. The lowest BCUT2D eigenvalue weighted by Crippen LogP contribution is -2.40. The first kappa shape index (κ1) is 20.9. The summed E-state index contributed by atoms with van der Waals surface area (Å²) < 4.78 is 6.90. The average Bonchev–Trinajstić information content (AvgIpc) is 3.37. The highest BCUT2D eigenvalue weighted by molar-refractivity contribution is 5.80. The van der Waals surface area contributed by atoms with E-state index >= 15 is 0 Å². The lowest BCUT2D eigenvalue weighted by atomic mass is 10.1.